The summed E-state index contributed by atoms with van der Waals surface area (Å²) in [5, 5.41) is 19.7. The molecule has 0 aromatic heterocycles. The summed E-state index contributed by atoms with van der Waals surface area (Å²) in [6, 6.07) is 2.26. The second kappa shape index (κ2) is 5.96. The predicted octanol–water partition coefficient (Wildman–Crippen LogP) is 4.00. The summed E-state index contributed by atoms with van der Waals surface area (Å²) < 4.78 is 68.6. The summed E-state index contributed by atoms with van der Waals surface area (Å²) in [4.78, 5) is 9.58. The van der Waals surface area contributed by atoms with E-state index in [-0.39, 0.29) is 0 Å². The SMILES string of the molecule is CCP(=O)(C(C)O)C(F)(F)C(F)(F)c1ccc([N+](=O)[O-])cc1. The Balaban J connectivity index is 3.37. The number of hydrogen-bond acceptors (Lipinski definition) is 4. The molecule has 0 amide bonds. The van der Waals surface area contributed by atoms with Crippen molar-refractivity contribution >= 4 is 12.8 Å². The van der Waals surface area contributed by atoms with Crippen molar-refractivity contribution in [1.29, 1.82) is 0 Å². The first-order valence-electron chi connectivity index (χ1n) is 6.19. The molecule has 0 fully saturated rings. The lowest BCUT2D eigenvalue weighted by Crippen LogP contribution is -2.40. The molecule has 2 atom stereocenters. The lowest BCUT2D eigenvalue weighted by Gasteiger charge is -2.34. The molecule has 1 aromatic rings. The Labute approximate surface area is 123 Å². The zero-order valence-electron chi connectivity index (χ0n) is 11.7. The first-order valence-corrected chi connectivity index (χ1v) is 8.15. The lowest BCUT2D eigenvalue weighted by molar-refractivity contribution is -0.384. The quantitative estimate of drug-likeness (QED) is 0.366. The van der Waals surface area contributed by atoms with Gasteiger partial charge in [0.1, 0.15) is 5.85 Å². The summed E-state index contributed by atoms with van der Waals surface area (Å²) in [5.41, 5.74) is -6.74. The van der Waals surface area contributed by atoms with E-state index in [4.69, 9.17) is 0 Å². The zero-order valence-corrected chi connectivity index (χ0v) is 12.6. The van der Waals surface area contributed by atoms with Crippen LogP contribution < -0.4 is 0 Å². The third-order valence-corrected chi connectivity index (χ3v) is 6.75. The number of aliphatic hydroxyl groups is 1. The van der Waals surface area contributed by atoms with Gasteiger partial charge in [0.05, 0.1) is 4.92 Å². The number of nitro groups is 1. The molecular formula is C12H14F4NO4P. The highest BCUT2D eigenvalue weighted by Gasteiger charge is 2.68. The number of alkyl halides is 4. The van der Waals surface area contributed by atoms with Crippen LogP contribution in [-0.4, -0.2) is 27.7 Å². The minimum absolute atomic E-state index is 0.480. The van der Waals surface area contributed by atoms with E-state index >= 15 is 0 Å². The third-order valence-electron chi connectivity index (χ3n) is 3.37. The summed E-state index contributed by atoms with van der Waals surface area (Å²) in [6.07, 6.45) is -0.819. The topological polar surface area (TPSA) is 80.4 Å². The molecule has 0 saturated heterocycles. The van der Waals surface area contributed by atoms with Crippen LogP contribution in [0.2, 0.25) is 0 Å². The van der Waals surface area contributed by atoms with Crippen molar-refractivity contribution in [2.75, 3.05) is 6.16 Å². The molecule has 0 aliphatic heterocycles. The van der Waals surface area contributed by atoms with Gasteiger partial charge < -0.3 is 9.67 Å². The van der Waals surface area contributed by atoms with Gasteiger partial charge in [0.2, 0.25) is 0 Å². The maximum Gasteiger partial charge on any atom is 0.366 e. The van der Waals surface area contributed by atoms with Crippen LogP contribution in [-0.2, 0) is 10.5 Å². The van der Waals surface area contributed by atoms with Crippen LogP contribution >= 0.6 is 7.14 Å². The molecule has 2 unspecified atom stereocenters. The van der Waals surface area contributed by atoms with E-state index in [1.54, 1.807) is 0 Å². The van der Waals surface area contributed by atoms with Crippen molar-refractivity contribution in [2.45, 2.75) is 31.3 Å². The second-order valence-electron chi connectivity index (χ2n) is 4.66. The molecule has 0 aliphatic carbocycles. The Kier molecular flexibility index (Phi) is 5.04. The third kappa shape index (κ3) is 2.75. The van der Waals surface area contributed by atoms with Crippen molar-refractivity contribution in [3.05, 3.63) is 39.9 Å². The van der Waals surface area contributed by atoms with Gasteiger partial charge in [0.15, 0.2) is 7.14 Å². The van der Waals surface area contributed by atoms with Gasteiger partial charge in [0.25, 0.3) is 5.69 Å². The van der Waals surface area contributed by atoms with Crippen molar-refractivity contribution in [1.82, 2.24) is 0 Å². The fourth-order valence-electron chi connectivity index (χ4n) is 1.90. The number of aliphatic hydroxyl groups excluding tert-OH is 1. The first-order chi connectivity index (χ1) is 9.91. The monoisotopic (exact) mass is 343 g/mol. The Morgan fingerprint density at radius 3 is 2.05 bits per heavy atom. The van der Waals surface area contributed by atoms with Crippen molar-refractivity contribution in [3.63, 3.8) is 0 Å². The van der Waals surface area contributed by atoms with E-state index in [0.717, 1.165) is 13.8 Å². The van der Waals surface area contributed by atoms with Crippen LogP contribution in [0.15, 0.2) is 24.3 Å². The molecule has 0 saturated carbocycles. The molecule has 22 heavy (non-hydrogen) atoms. The molecule has 0 spiro atoms. The van der Waals surface area contributed by atoms with Crippen LogP contribution in [0.4, 0.5) is 23.2 Å². The van der Waals surface area contributed by atoms with Crippen LogP contribution in [0.3, 0.4) is 0 Å². The standard InChI is InChI=1S/C12H14F4NO4P/c1-3-22(21,8(2)18)12(15,16)11(13,14)9-4-6-10(7-5-9)17(19)20/h4-8,18H,3H2,1-2H3. The van der Waals surface area contributed by atoms with E-state index < -0.39 is 46.9 Å². The highest BCUT2D eigenvalue weighted by molar-refractivity contribution is 7.65. The fraction of sp³-hybridized carbons (Fsp3) is 0.500. The van der Waals surface area contributed by atoms with E-state index in [0.29, 0.717) is 24.3 Å². The van der Waals surface area contributed by atoms with Gasteiger partial charge in [-0.05, 0) is 19.1 Å². The maximum absolute atomic E-state index is 14.1. The minimum Gasteiger partial charge on any atom is -0.385 e. The van der Waals surface area contributed by atoms with Crippen LogP contribution in [0.25, 0.3) is 0 Å². The van der Waals surface area contributed by atoms with Gasteiger partial charge in [-0.1, -0.05) is 6.92 Å². The number of nitrogens with zero attached hydrogens (tertiary/aromatic N) is 1. The molecule has 10 heteroatoms. The highest BCUT2D eigenvalue weighted by atomic mass is 31.2. The maximum atomic E-state index is 14.1. The van der Waals surface area contributed by atoms with Crippen molar-refractivity contribution in [2.24, 2.45) is 0 Å². The minimum atomic E-state index is -4.99. The van der Waals surface area contributed by atoms with E-state index in [1.165, 1.54) is 0 Å². The predicted molar refractivity (Wildman–Crippen MR) is 71.8 cm³/mol. The molecule has 1 rings (SSSR count). The molecular weight excluding hydrogens is 329 g/mol. The molecule has 5 nitrogen and oxygen atoms in total. The van der Waals surface area contributed by atoms with E-state index in [9.17, 15) is 37.3 Å². The lowest BCUT2D eigenvalue weighted by atomic mass is 10.1. The van der Waals surface area contributed by atoms with Crippen LogP contribution in [0.5, 0.6) is 0 Å². The molecule has 0 bridgehead atoms. The number of benzene rings is 1. The van der Waals surface area contributed by atoms with Gasteiger partial charge in [0, 0.05) is 23.9 Å². The van der Waals surface area contributed by atoms with Crippen molar-refractivity contribution < 1.29 is 32.2 Å². The van der Waals surface area contributed by atoms with E-state index in [1.807, 2.05) is 0 Å². The molecule has 1 aromatic carbocycles. The molecule has 0 aliphatic rings. The average molecular weight is 343 g/mol. The number of non-ortho nitro benzene ring substituents is 1. The highest BCUT2D eigenvalue weighted by Crippen LogP contribution is 2.69. The average Bonchev–Trinajstić information content (AvgIpc) is 2.45. The smallest absolute Gasteiger partial charge is 0.366 e. The number of rotatable bonds is 6. The largest absolute Gasteiger partial charge is 0.385 e. The molecule has 1 N–H and O–H groups in total. The molecule has 0 radical (unpaired) electrons. The Morgan fingerprint density at radius 1 is 1.27 bits per heavy atom. The number of nitro benzene ring substituents is 1. The first kappa shape index (κ1) is 18.6. The summed E-state index contributed by atoms with van der Waals surface area (Å²) in [6.45, 7) is 1.79. The Bertz CT molecular complexity index is 604. The van der Waals surface area contributed by atoms with E-state index in [2.05, 4.69) is 0 Å². The summed E-state index contributed by atoms with van der Waals surface area (Å²) >= 11 is 0. The zero-order chi connectivity index (χ0) is 17.3. The van der Waals surface area contributed by atoms with Gasteiger partial charge >= 0.3 is 11.6 Å². The summed E-state index contributed by atoms with van der Waals surface area (Å²) in [7, 11) is -4.95. The van der Waals surface area contributed by atoms with Gasteiger partial charge in [-0.15, -0.1) is 0 Å². The Hall–Kier alpha value is -1.47. The van der Waals surface area contributed by atoms with Gasteiger partial charge in [-0.3, -0.25) is 10.1 Å². The van der Waals surface area contributed by atoms with Gasteiger partial charge in [-0.2, -0.15) is 17.6 Å². The number of hydrogen-bond donors (Lipinski definition) is 1. The van der Waals surface area contributed by atoms with Gasteiger partial charge in [-0.25, -0.2) is 0 Å². The Morgan fingerprint density at radius 2 is 1.73 bits per heavy atom. The second-order valence-corrected chi connectivity index (χ2v) is 8.20. The van der Waals surface area contributed by atoms with Crippen LogP contribution in [0, 0.1) is 10.1 Å². The molecule has 0 heterocycles. The summed E-state index contributed by atoms with van der Waals surface area (Å²) in [5.74, 6) is -6.96. The normalized spacial score (nSPS) is 16.9. The molecule has 124 valence electrons. The van der Waals surface area contributed by atoms with Crippen LogP contribution in [0.1, 0.15) is 19.4 Å². The number of halogens is 4. The fourth-order valence-corrected chi connectivity index (χ4v) is 3.90. The van der Waals surface area contributed by atoms with Crippen molar-refractivity contribution in [3.8, 4) is 0 Å².